The molecule has 6 heteroatoms. The minimum absolute atomic E-state index is 0.172. The van der Waals surface area contributed by atoms with E-state index in [4.69, 9.17) is 23.2 Å². The molecule has 0 saturated heterocycles. The maximum atomic E-state index is 12.2. The Hall–Kier alpha value is -1.10. The van der Waals surface area contributed by atoms with Crippen LogP contribution in [0, 0.1) is 0 Å². The number of nitrogens with zero attached hydrogens (tertiary/aromatic N) is 1. The number of halogens is 2. The first-order chi connectivity index (χ1) is 9.52. The van der Waals surface area contributed by atoms with E-state index < -0.39 is 0 Å². The van der Waals surface area contributed by atoms with Crippen LogP contribution >= 0.6 is 34.5 Å². The zero-order valence-electron chi connectivity index (χ0n) is 11.1. The molecular formula is C14H14Cl2N2OS. The Morgan fingerprint density at radius 2 is 2.20 bits per heavy atom. The van der Waals surface area contributed by atoms with Gasteiger partial charge in [-0.1, -0.05) is 36.2 Å². The number of hydrogen-bond acceptors (Lipinski definition) is 3. The number of thiazole rings is 1. The Labute approximate surface area is 131 Å². The van der Waals surface area contributed by atoms with Crippen molar-refractivity contribution in [1.29, 1.82) is 0 Å². The van der Waals surface area contributed by atoms with Gasteiger partial charge in [0.1, 0.15) is 0 Å². The van der Waals surface area contributed by atoms with Gasteiger partial charge in [0.25, 0.3) is 5.91 Å². The molecule has 0 spiro atoms. The highest BCUT2D eigenvalue weighted by molar-refractivity contribution is 7.09. The van der Waals surface area contributed by atoms with Gasteiger partial charge in [-0.3, -0.25) is 4.79 Å². The summed E-state index contributed by atoms with van der Waals surface area (Å²) in [5.74, 6) is -0.254. The zero-order valence-corrected chi connectivity index (χ0v) is 13.4. The van der Waals surface area contributed by atoms with Crippen LogP contribution in [0.15, 0.2) is 23.6 Å². The second-order valence-electron chi connectivity index (χ2n) is 4.32. The van der Waals surface area contributed by atoms with E-state index in [1.807, 2.05) is 12.3 Å². The van der Waals surface area contributed by atoms with Crippen LogP contribution in [0.3, 0.4) is 0 Å². The Bertz CT molecular complexity index is 627. The predicted molar refractivity (Wildman–Crippen MR) is 83.8 cm³/mol. The Morgan fingerprint density at radius 1 is 1.45 bits per heavy atom. The lowest BCUT2D eigenvalue weighted by Crippen LogP contribution is -2.27. The fourth-order valence-corrected chi connectivity index (χ4v) is 2.94. The van der Waals surface area contributed by atoms with Gasteiger partial charge in [-0.2, -0.15) is 0 Å². The van der Waals surface area contributed by atoms with E-state index in [1.54, 1.807) is 29.5 Å². The number of carbonyl (C=O) groups excluding carboxylic acids is 1. The Kier molecular flexibility index (Phi) is 5.02. The van der Waals surface area contributed by atoms with Gasteiger partial charge in [0, 0.05) is 5.38 Å². The second-order valence-corrected chi connectivity index (χ2v) is 6.04. The van der Waals surface area contributed by atoms with Crippen molar-refractivity contribution in [3.63, 3.8) is 0 Å². The Balaban J connectivity index is 2.13. The highest BCUT2D eigenvalue weighted by Crippen LogP contribution is 2.26. The van der Waals surface area contributed by atoms with Crippen molar-refractivity contribution in [2.75, 3.05) is 0 Å². The van der Waals surface area contributed by atoms with Crippen LogP contribution in [0.1, 0.15) is 40.9 Å². The van der Waals surface area contributed by atoms with Crippen LogP contribution in [-0.4, -0.2) is 10.9 Å². The minimum atomic E-state index is -0.254. The van der Waals surface area contributed by atoms with Gasteiger partial charge in [-0.25, -0.2) is 4.98 Å². The summed E-state index contributed by atoms with van der Waals surface area (Å²) >= 11 is 13.5. The van der Waals surface area contributed by atoms with Gasteiger partial charge < -0.3 is 5.32 Å². The van der Waals surface area contributed by atoms with Crippen molar-refractivity contribution in [1.82, 2.24) is 10.3 Å². The highest BCUT2D eigenvalue weighted by atomic mass is 35.5. The number of rotatable bonds is 4. The quantitative estimate of drug-likeness (QED) is 0.897. The third-order valence-electron chi connectivity index (χ3n) is 2.86. The monoisotopic (exact) mass is 328 g/mol. The molecule has 2 rings (SSSR count). The largest absolute Gasteiger partial charge is 0.344 e. The Morgan fingerprint density at radius 3 is 2.85 bits per heavy atom. The topological polar surface area (TPSA) is 42.0 Å². The normalized spacial score (nSPS) is 12.2. The first-order valence-corrected chi connectivity index (χ1v) is 7.85. The maximum Gasteiger partial charge on any atom is 0.253 e. The molecule has 106 valence electrons. The first kappa shape index (κ1) is 15.3. The molecule has 0 aliphatic heterocycles. The molecule has 20 heavy (non-hydrogen) atoms. The molecule has 0 bridgehead atoms. The number of benzene rings is 1. The molecule has 1 heterocycles. The molecule has 1 aromatic heterocycles. The van der Waals surface area contributed by atoms with Crippen LogP contribution in [0.25, 0.3) is 0 Å². The van der Waals surface area contributed by atoms with Crippen molar-refractivity contribution in [2.45, 2.75) is 26.3 Å². The molecule has 1 atom stereocenters. The number of amides is 1. The van der Waals surface area contributed by atoms with Gasteiger partial charge in [-0.05, 0) is 25.5 Å². The molecule has 0 aliphatic carbocycles. The van der Waals surface area contributed by atoms with E-state index in [1.165, 1.54) is 0 Å². The predicted octanol–water partition coefficient (Wildman–Crippen LogP) is 4.50. The van der Waals surface area contributed by atoms with Gasteiger partial charge in [0.05, 0.1) is 32.4 Å². The van der Waals surface area contributed by atoms with Crippen LogP contribution in [0.2, 0.25) is 10.0 Å². The van der Waals surface area contributed by atoms with Crippen molar-refractivity contribution in [2.24, 2.45) is 0 Å². The van der Waals surface area contributed by atoms with Gasteiger partial charge in [0.2, 0.25) is 0 Å². The van der Waals surface area contributed by atoms with E-state index in [2.05, 4.69) is 17.2 Å². The number of carbonyl (C=O) groups is 1. The van der Waals surface area contributed by atoms with E-state index >= 15 is 0 Å². The van der Waals surface area contributed by atoms with Gasteiger partial charge in [0.15, 0.2) is 0 Å². The van der Waals surface area contributed by atoms with E-state index in [0.29, 0.717) is 10.6 Å². The molecule has 0 fully saturated rings. The van der Waals surface area contributed by atoms with Crippen LogP contribution in [-0.2, 0) is 6.42 Å². The summed E-state index contributed by atoms with van der Waals surface area (Å²) < 4.78 is 0. The average molecular weight is 329 g/mol. The van der Waals surface area contributed by atoms with Crippen molar-refractivity contribution in [3.8, 4) is 0 Å². The van der Waals surface area contributed by atoms with Crippen LogP contribution in [0.5, 0.6) is 0 Å². The SMILES string of the molecule is CCc1nc(C(C)NC(=O)c2cccc(Cl)c2Cl)cs1. The molecule has 1 N–H and O–H groups in total. The summed E-state index contributed by atoms with van der Waals surface area (Å²) in [4.78, 5) is 16.7. The smallest absolute Gasteiger partial charge is 0.253 e. The lowest BCUT2D eigenvalue weighted by Gasteiger charge is -2.12. The van der Waals surface area contributed by atoms with E-state index in [0.717, 1.165) is 17.1 Å². The lowest BCUT2D eigenvalue weighted by atomic mass is 10.2. The van der Waals surface area contributed by atoms with Gasteiger partial charge in [-0.15, -0.1) is 11.3 Å². The summed E-state index contributed by atoms with van der Waals surface area (Å²) in [5.41, 5.74) is 1.23. The van der Waals surface area contributed by atoms with Crippen molar-refractivity contribution in [3.05, 3.63) is 49.9 Å². The second kappa shape index (κ2) is 6.57. The molecular weight excluding hydrogens is 315 g/mol. The fraction of sp³-hybridized carbons (Fsp3) is 0.286. The van der Waals surface area contributed by atoms with Crippen molar-refractivity contribution >= 4 is 40.4 Å². The maximum absolute atomic E-state index is 12.2. The minimum Gasteiger partial charge on any atom is -0.344 e. The molecule has 1 aromatic carbocycles. The number of aromatic nitrogens is 1. The summed E-state index contributed by atoms with van der Waals surface area (Å²) in [7, 11) is 0. The fourth-order valence-electron chi connectivity index (χ4n) is 1.71. The molecule has 0 radical (unpaired) electrons. The van der Waals surface area contributed by atoms with Gasteiger partial charge >= 0.3 is 0 Å². The number of aryl methyl sites for hydroxylation is 1. The molecule has 0 aliphatic rings. The zero-order chi connectivity index (χ0) is 14.7. The molecule has 2 aromatic rings. The summed E-state index contributed by atoms with van der Waals surface area (Å²) in [6.07, 6.45) is 0.894. The summed E-state index contributed by atoms with van der Waals surface area (Å²) in [6.45, 7) is 3.95. The molecule has 3 nitrogen and oxygen atoms in total. The molecule has 1 unspecified atom stereocenters. The highest BCUT2D eigenvalue weighted by Gasteiger charge is 2.17. The van der Waals surface area contributed by atoms with Crippen LogP contribution in [0.4, 0.5) is 0 Å². The third-order valence-corrected chi connectivity index (χ3v) is 4.69. The average Bonchev–Trinajstić information content (AvgIpc) is 2.90. The van der Waals surface area contributed by atoms with E-state index in [-0.39, 0.29) is 17.0 Å². The summed E-state index contributed by atoms with van der Waals surface area (Å²) in [5, 5.41) is 6.54. The first-order valence-electron chi connectivity index (χ1n) is 6.22. The van der Waals surface area contributed by atoms with Crippen molar-refractivity contribution < 1.29 is 4.79 Å². The number of nitrogens with one attached hydrogen (secondary N) is 1. The summed E-state index contributed by atoms with van der Waals surface area (Å²) in [6, 6.07) is 4.83. The lowest BCUT2D eigenvalue weighted by molar-refractivity contribution is 0.0939. The van der Waals surface area contributed by atoms with E-state index in [9.17, 15) is 4.79 Å². The molecule has 0 saturated carbocycles. The number of hydrogen-bond donors (Lipinski definition) is 1. The molecule has 1 amide bonds. The standard InChI is InChI=1S/C14H14Cl2N2OS/c1-3-12-18-11(7-20-12)8(2)17-14(19)9-5-4-6-10(15)13(9)16/h4-8H,3H2,1-2H3,(H,17,19). The third kappa shape index (κ3) is 3.32. The van der Waals surface area contributed by atoms with Crippen LogP contribution < -0.4 is 5.32 Å².